The molecular weight excluding hydrogens is 366 g/mol. The molecule has 0 aliphatic heterocycles. The average Bonchev–Trinajstić information content (AvgIpc) is 2.54. The molecule has 0 N–H and O–H groups in total. The number of ether oxygens (including phenoxy) is 1. The lowest BCUT2D eigenvalue weighted by Gasteiger charge is -2.37. The molecule has 0 spiro atoms. The van der Waals surface area contributed by atoms with Crippen molar-refractivity contribution in [3.05, 3.63) is 64.6 Å². The lowest BCUT2D eigenvalue weighted by molar-refractivity contribution is -0.143. The number of carbonyl (C=O) groups excluding carboxylic acids is 1. The summed E-state index contributed by atoms with van der Waals surface area (Å²) in [6, 6.07) is 17.5. The molecule has 0 saturated carbocycles. The van der Waals surface area contributed by atoms with Crippen molar-refractivity contribution >= 4 is 21.8 Å². The van der Waals surface area contributed by atoms with Gasteiger partial charge in [-0.05, 0) is 57.5 Å². The Morgan fingerprint density at radius 2 is 1.67 bits per heavy atom. The highest BCUT2D eigenvalue weighted by Gasteiger charge is 2.30. The minimum atomic E-state index is -0.547. The minimum Gasteiger partial charge on any atom is -0.481 e. The second-order valence-corrected chi connectivity index (χ2v) is 7.71. The van der Waals surface area contributed by atoms with Gasteiger partial charge >= 0.3 is 0 Å². The molecule has 0 bridgehead atoms. The first-order valence-electron chi connectivity index (χ1n) is 8.05. The first-order valence-corrected chi connectivity index (χ1v) is 8.84. The molecule has 2 aromatic carbocycles. The Morgan fingerprint density at radius 1 is 1.08 bits per heavy atom. The molecule has 1 atom stereocenters. The molecule has 24 heavy (non-hydrogen) atoms. The predicted octanol–water partition coefficient (Wildman–Crippen LogP) is 5.04. The van der Waals surface area contributed by atoms with Gasteiger partial charge in [-0.1, -0.05) is 46.3 Å². The lowest BCUT2D eigenvalue weighted by atomic mass is 10.0. The van der Waals surface area contributed by atoms with Gasteiger partial charge in [0.05, 0.1) is 0 Å². The Kier molecular flexibility index (Phi) is 6.05. The molecule has 0 radical (unpaired) electrons. The molecule has 2 aromatic rings. The third kappa shape index (κ3) is 5.10. The van der Waals surface area contributed by atoms with Crippen LogP contribution < -0.4 is 4.74 Å². The smallest absolute Gasteiger partial charge is 0.264 e. The fraction of sp³-hybridized carbons (Fsp3) is 0.350. The molecule has 4 heteroatoms. The summed E-state index contributed by atoms with van der Waals surface area (Å²) in [5.74, 6) is 0.668. The van der Waals surface area contributed by atoms with Crippen molar-refractivity contribution in [1.29, 1.82) is 0 Å². The summed E-state index contributed by atoms with van der Waals surface area (Å²) in [4.78, 5) is 14.8. The quantitative estimate of drug-likeness (QED) is 0.716. The van der Waals surface area contributed by atoms with Crippen LogP contribution in [0.2, 0.25) is 0 Å². The van der Waals surface area contributed by atoms with Gasteiger partial charge in [-0.3, -0.25) is 4.79 Å². The molecule has 3 nitrogen and oxygen atoms in total. The molecule has 0 aromatic heterocycles. The summed E-state index contributed by atoms with van der Waals surface area (Å²) in [6.45, 7) is 8.49. The Labute approximate surface area is 152 Å². The zero-order valence-electron chi connectivity index (χ0n) is 14.6. The molecule has 1 unspecified atom stereocenters. The van der Waals surface area contributed by atoms with Crippen molar-refractivity contribution in [1.82, 2.24) is 4.90 Å². The topological polar surface area (TPSA) is 29.5 Å². The molecule has 1 amide bonds. The Bertz CT molecular complexity index is 662. The highest BCUT2D eigenvalue weighted by molar-refractivity contribution is 9.10. The van der Waals surface area contributed by atoms with Gasteiger partial charge in [0.1, 0.15) is 5.75 Å². The third-order valence-electron chi connectivity index (χ3n) is 3.73. The number of carbonyl (C=O) groups is 1. The molecular formula is C20H24BrNO2. The standard InChI is InChI=1S/C20H24BrNO2/c1-15(24-18-12-10-17(21)11-13-18)19(23)22(20(2,3)4)14-16-8-6-5-7-9-16/h5-13,15H,14H2,1-4H3. The van der Waals surface area contributed by atoms with Crippen molar-refractivity contribution in [3.8, 4) is 5.75 Å². The molecule has 128 valence electrons. The van der Waals surface area contributed by atoms with Gasteiger partial charge in [0.2, 0.25) is 0 Å². The monoisotopic (exact) mass is 389 g/mol. The van der Waals surface area contributed by atoms with E-state index in [0.717, 1.165) is 10.0 Å². The van der Waals surface area contributed by atoms with Crippen LogP contribution in [0.3, 0.4) is 0 Å². The van der Waals surface area contributed by atoms with E-state index in [1.165, 1.54) is 0 Å². The van der Waals surface area contributed by atoms with E-state index < -0.39 is 6.10 Å². The van der Waals surface area contributed by atoms with Crippen molar-refractivity contribution in [2.45, 2.75) is 45.9 Å². The maximum atomic E-state index is 13.0. The fourth-order valence-electron chi connectivity index (χ4n) is 2.40. The van der Waals surface area contributed by atoms with E-state index in [1.807, 2.05) is 80.3 Å². The van der Waals surface area contributed by atoms with Gasteiger partial charge < -0.3 is 9.64 Å². The van der Waals surface area contributed by atoms with Crippen LogP contribution in [0, 0.1) is 0 Å². The summed E-state index contributed by atoms with van der Waals surface area (Å²) in [5.41, 5.74) is 0.821. The van der Waals surface area contributed by atoms with Gasteiger partial charge in [-0.25, -0.2) is 0 Å². The fourth-order valence-corrected chi connectivity index (χ4v) is 2.66. The van der Waals surface area contributed by atoms with Crippen molar-refractivity contribution in [3.63, 3.8) is 0 Å². The van der Waals surface area contributed by atoms with Crippen LogP contribution in [-0.4, -0.2) is 22.4 Å². The molecule has 0 heterocycles. The van der Waals surface area contributed by atoms with Gasteiger partial charge in [0.25, 0.3) is 5.91 Å². The van der Waals surface area contributed by atoms with Crippen LogP contribution in [-0.2, 0) is 11.3 Å². The van der Waals surface area contributed by atoms with Crippen molar-refractivity contribution < 1.29 is 9.53 Å². The van der Waals surface area contributed by atoms with Gasteiger partial charge in [-0.2, -0.15) is 0 Å². The highest BCUT2D eigenvalue weighted by Crippen LogP contribution is 2.22. The lowest BCUT2D eigenvalue weighted by Crippen LogP contribution is -2.50. The van der Waals surface area contributed by atoms with Crippen LogP contribution >= 0.6 is 15.9 Å². The van der Waals surface area contributed by atoms with Crippen molar-refractivity contribution in [2.75, 3.05) is 0 Å². The van der Waals surface area contributed by atoms with Crippen LogP contribution in [0.5, 0.6) is 5.75 Å². The van der Waals surface area contributed by atoms with E-state index in [2.05, 4.69) is 15.9 Å². The molecule has 0 saturated heterocycles. The van der Waals surface area contributed by atoms with Crippen LogP contribution in [0.25, 0.3) is 0 Å². The van der Waals surface area contributed by atoms with E-state index in [4.69, 9.17) is 4.74 Å². The number of benzene rings is 2. The maximum Gasteiger partial charge on any atom is 0.264 e. The first-order chi connectivity index (χ1) is 11.3. The van der Waals surface area contributed by atoms with Gasteiger partial charge in [0, 0.05) is 16.6 Å². The third-order valence-corrected chi connectivity index (χ3v) is 4.26. The summed E-state index contributed by atoms with van der Waals surface area (Å²) in [7, 11) is 0. The Morgan fingerprint density at radius 3 is 2.21 bits per heavy atom. The van der Waals surface area contributed by atoms with Crippen molar-refractivity contribution in [2.24, 2.45) is 0 Å². The predicted molar refractivity (Wildman–Crippen MR) is 101 cm³/mol. The zero-order valence-corrected chi connectivity index (χ0v) is 16.2. The van der Waals surface area contributed by atoms with E-state index >= 15 is 0 Å². The number of hydrogen-bond donors (Lipinski definition) is 0. The second-order valence-electron chi connectivity index (χ2n) is 6.79. The second kappa shape index (κ2) is 7.84. The number of nitrogens with zero attached hydrogens (tertiary/aromatic N) is 1. The molecule has 0 fully saturated rings. The highest BCUT2D eigenvalue weighted by atomic mass is 79.9. The average molecular weight is 390 g/mol. The largest absolute Gasteiger partial charge is 0.481 e. The van der Waals surface area contributed by atoms with Gasteiger partial charge in [0.15, 0.2) is 6.10 Å². The number of hydrogen-bond acceptors (Lipinski definition) is 2. The summed E-state index contributed by atoms with van der Waals surface area (Å²) in [5, 5.41) is 0. The Balaban J connectivity index is 2.13. The maximum absolute atomic E-state index is 13.0. The zero-order chi connectivity index (χ0) is 17.7. The SMILES string of the molecule is CC(Oc1ccc(Br)cc1)C(=O)N(Cc1ccccc1)C(C)(C)C. The van der Waals surface area contributed by atoms with Crippen LogP contribution in [0.4, 0.5) is 0 Å². The van der Waals surface area contributed by atoms with Crippen LogP contribution in [0.15, 0.2) is 59.1 Å². The van der Waals surface area contributed by atoms with Crippen LogP contribution in [0.1, 0.15) is 33.3 Å². The number of amides is 1. The molecule has 2 rings (SSSR count). The molecule has 0 aliphatic rings. The number of halogens is 1. The summed E-state index contributed by atoms with van der Waals surface area (Å²) in [6.07, 6.45) is -0.547. The minimum absolute atomic E-state index is 0.0192. The Hall–Kier alpha value is -1.81. The van der Waals surface area contributed by atoms with E-state index in [9.17, 15) is 4.79 Å². The van der Waals surface area contributed by atoms with Gasteiger partial charge in [-0.15, -0.1) is 0 Å². The number of rotatable bonds is 5. The van der Waals surface area contributed by atoms with E-state index in [-0.39, 0.29) is 11.4 Å². The summed E-state index contributed by atoms with van der Waals surface area (Å²) >= 11 is 3.40. The summed E-state index contributed by atoms with van der Waals surface area (Å²) < 4.78 is 6.81. The van der Waals surface area contributed by atoms with E-state index in [0.29, 0.717) is 12.3 Å². The van der Waals surface area contributed by atoms with E-state index in [1.54, 1.807) is 6.92 Å². The molecule has 0 aliphatic carbocycles. The normalized spacial score (nSPS) is 12.5. The first kappa shape index (κ1) is 18.5.